The van der Waals surface area contributed by atoms with E-state index in [0.29, 0.717) is 24.5 Å². The molecule has 1 aromatic heterocycles. The highest BCUT2D eigenvalue weighted by atomic mass is 32.1. The third-order valence-electron chi connectivity index (χ3n) is 2.92. The fraction of sp³-hybridized carbons (Fsp3) is 0.267. The Labute approximate surface area is 128 Å². The van der Waals surface area contributed by atoms with E-state index in [0.717, 1.165) is 10.9 Å². The van der Waals surface area contributed by atoms with Crippen molar-refractivity contribution >= 4 is 39.9 Å². The topological polar surface area (TPSA) is 77.2 Å². The zero-order valence-corrected chi connectivity index (χ0v) is 12.6. The first-order chi connectivity index (χ1) is 10.1. The molecule has 110 valence electrons. The van der Waals surface area contributed by atoms with E-state index in [9.17, 15) is 4.79 Å². The van der Waals surface area contributed by atoms with Crippen molar-refractivity contribution in [3.05, 3.63) is 35.9 Å². The quantitative estimate of drug-likeness (QED) is 0.629. The lowest BCUT2D eigenvalue weighted by Gasteiger charge is -2.11. The monoisotopic (exact) mass is 303 g/mol. The van der Waals surface area contributed by atoms with Crippen molar-refractivity contribution in [1.29, 1.82) is 0 Å². The highest BCUT2D eigenvalue weighted by molar-refractivity contribution is 7.80. The maximum atomic E-state index is 11.3. The standard InChI is InChI=1S/C15H17N3O2S/c1-2-20-13(19)7-8-17-15-11(14(16)21)9-10-5-3-4-6-12(10)18-15/h3-6,9H,2,7-8H2,1H3,(H2,16,21)(H,17,18). The summed E-state index contributed by atoms with van der Waals surface area (Å²) in [5.74, 6) is 0.341. The largest absolute Gasteiger partial charge is 0.466 e. The van der Waals surface area contributed by atoms with Crippen LogP contribution in [0.5, 0.6) is 0 Å². The molecule has 0 bridgehead atoms. The van der Waals surface area contributed by atoms with E-state index in [1.807, 2.05) is 30.3 Å². The molecule has 3 N–H and O–H groups in total. The van der Waals surface area contributed by atoms with E-state index in [2.05, 4.69) is 10.3 Å². The second-order valence-corrected chi connectivity index (χ2v) is 4.86. The van der Waals surface area contributed by atoms with Gasteiger partial charge in [-0.1, -0.05) is 30.4 Å². The molecule has 5 nitrogen and oxygen atoms in total. The van der Waals surface area contributed by atoms with E-state index < -0.39 is 0 Å². The minimum atomic E-state index is -0.248. The van der Waals surface area contributed by atoms with Gasteiger partial charge in [-0.2, -0.15) is 0 Å². The summed E-state index contributed by atoms with van der Waals surface area (Å²) in [4.78, 5) is 16.1. The minimum absolute atomic E-state index is 0.248. The van der Waals surface area contributed by atoms with Crippen LogP contribution < -0.4 is 11.1 Å². The Morgan fingerprint density at radius 1 is 1.43 bits per heavy atom. The molecule has 0 saturated carbocycles. The number of carbonyl (C=O) groups excluding carboxylic acids is 1. The van der Waals surface area contributed by atoms with Gasteiger partial charge in [-0.15, -0.1) is 0 Å². The Hall–Kier alpha value is -2.21. The molecule has 0 unspecified atom stereocenters. The van der Waals surface area contributed by atoms with Crippen LogP contribution in [0, 0.1) is 0 Å². The third kappa shape index (κ3) is 3.88. The van der Waals surface area contributed by atoms with Gasteiger partial charge in [0.25, 0.3) is 0 Å². The summed E-state index contributed by atoms with van der Waals surface area (Å²) in [6, 6.07) is 9.61. The highest BCUT2D eigenvalue weighted by Crippen LogP contribution is 2.20. The molecule has 0 aliphatic carbocycles. The number of nitrogens with zero attached hydrogens (tertiary/aromatic N) is 1. The van der Waals surface area contributed by atoms with Gasteiger partial charge >= 0.3 is 5.97 Å². The number of rotatable bonds is 6. The van der Waals surface area contributed by atoms with Gasteiger partial charge in [-0.3, -0.25) is 4.79 Å². The number of aromatic nitrogens is 1. The van der Waals surface area contributed by atoms with Gasteiger partial charge in [0.15, 0.2) is 0 Å². The number of thiocarbonyl (C=S) groups is 1. The van der Waals surface area contributed by atoms with Gasteiger partial charge < -0.3 is 15.8 Å². The summed E-state index contributed by atoms with van der Waals surface area (Å²) in [5, 5.41) is 4.07. The molecular formula is C15H17N3O2S. The molecule has 2 rings (SSSR count). The van der Waals surface area contributed by atoms with Gasteiger partial charge in [0.1, 0.15) is 10.8 Å². The number of esters is 1. The summed E-state index contributed by atoms with van der Waals surface area (Å²) in [6.45, 7) is 2.58. The number of anilines is 1. The molecule has 0 spiro atoms. The number of hydrogen-bond acceptors (Lipinski definition) is 5. The minimum Gasteiger partial charge on any atom is -0.466 e. The fourth-order valence-corrected chi connectivity index (χ4v) is 2.11. The molecule has 0 aliphatic rings. The van der Waals surface area contributed by atoms with Gasteiger partial charge in [0.2, 0.25) is 0 Å². The molecule has 2 aromatic rings. The van der Waals surface area contributed by atoms with Crippen molar-refractivity contribution in [2.24, 2.45) is 5.73 Å². The average Bonchev–Trinajstić information content (AvgIpc) is 2.46. The smallest absolute Gasteiger partial charge is 0.307 e. The number of carbonyl (C=O) groups is 1. The van der Waals surface area contributed by atoms with Crippen molar-refractivity contribution in [2.75, 3.05) is 18.5 Å². The van der Waals surface area contributed by atoms with E-state index >= 15 is 0 Å². The Bertz CT molecular complexity index is 673. The Morgan fingerprint density at radius 2 is 2.19 bits per heavy atom. The number of nitrogens with one attached hydrogen (secondary N) is 1. The van der Waals surface area contributed by atoms with E-state index in [1.165, 1.54) is 0 Å². The Balaban J connectivity index is 2.19. The zero-order valence-electron chi connectivity index (χ0n) is 11.8. The normalized spacial score (nSPS) is 10.3. The zero-order chi connectivity index (χ0) is 15.2. The Morgan fingerprint density at radius 3 is 2.90 bits per heavy atom. The number of para-hydroxylation sites is 1. The highest BCUT2D eigenvalue weighted by Gasteiger charge is 2.10. The van der Waals surface area contributed by atoms with Crippen LogP contribution in [0.3, 0.4) is 0 Å². The molecule has 1 aromatic carbocycles. The van der Waals surface area contributed by atoms with Gasteiger partial charge in [0, 0.05) is 11.9 Å². The predicted octanol–water partition coefficient (Wildman–Crippen LogP) is 2.23. The number of hydrogen-bond donors (Lipinski definition) is 2. The van der Waals surface area contributed by atoms with Crippen LogP contribution in [0.25, 0.3) is 10.9 Å². The molecule has 0 fully saturated rings. The van der Waals surface area contributed by atoms with Crippen LogP contribution >= 0.6 is 12.2 Å². The lowest BCUT2D eigenvalue weighted by atomic mass is 10.1. The summed E-state index contributed by atoms with van der Waals surface area (Å²) in [6.07, 6.45) is 0.263. The van der Waals surface area contributed by atoms with Crippen molar-refractivity contribution in [2.45, 2.75) is 13.3 Å². The van der Waals surface area contributed by atoms with Gasteiger partial charge in [-0.25, -0.2) is 4.98 Å². The first kappa shape index (κ1) is 15.2. The molecule has 0 saturated heterocycles. The second kappa shape index (κ2) is 6.99. The lowest BCUT2D eigenvalue weighted by molar-refractivity contribution is -0.142. The molecule has 6 heteroatoms. The van der Waals surface area contributed by atoms with Crippen LogP contribution in [-0.2, 0) is 9.53 Å². The first-order valence-corrected chi connectivity index (χ1v) is 7.11. The van der Waals surface area contributed by atoms with Crippen LogP contribution in [0.15, 0.2) is 30.3 Å². The summed E-state index contributed by atoms with van der Waals surface area (Å²) < 4.78 is 4.88. The summed E-state index contributed by atoms with van der Waals surface area (Å²) in [7, 11) is 0. The average molecular weight is 303 g/mol. The van der Waals surface area contributed by atoms with Crippen molar-refractivity contribution in [1.82, 2.24) is 4.98 Å². The second-order valence-electron chi connectivity index (χ2n) is 4.42. The van der Waals surface area contributed by atoms with E-state index in [-0.39, 0.29) is 17.4 Å². The van der Waals surface area contributed by atoms with Crippen molar-refractivity contribution in [3.63, 3.8) is 0 Å². The van der Waals surface area contributed by atoms with Crippen LogP contribution in [-0.4, -0.2) is 29.1 Å². The van der Waals surface area contributed by atoms with Crippen LogP contribution in [0.1, 0.15) is 18.9 Å². The first-order valence-electron chi connectivity index (χ1n) is 6.71. The summed E-state index contributed by atoms with van der Waals surface area (Å²) >= 11 is 5.06. The van der Waals surface area contributed by atoms with E-state index in [1.54, 1.807) is 6.92 Å². The molecule has 0 amide bonds. The number of benzene rings is 1. The maximum absolute atomic E-state index is 11.3. The van der Waals surface area contributed by atoms with Crippen molar-refractivity contribution < 1.29 is 9.53 Å². The number of ether oxygens (including phenoxy) is 1. The fourth-order valence-electron chi connectivity index (χ4n) is 1.95. The predicted molar refractivity (Wildman–Crippen MR) is 87.4 cm³/mol. The number of nitrogens with two attached hydrogens (primary N) is 1. The van der Waals surface area contributed by atoms with Crippen LogP contribution in [0.4, 0.5) is 5.82 Å². The molecule has 0 atom stereocenters. The molecular weight excluding hydrogens is 286 g/mol. The number of pyridine rings is 1. The van der Waals surface area contributed by atoms with Crippen LogP contribution in [0.2, 0.25) is 0 Å². The molecule has 21 heavy (non-hydrogen) atoms. The third-order valence-corrected chi connectivity index (χ3v) is 3.14. The SMILES string of the molecule is CCOC(=O)CCNc1nc2ccccc2cc1C(N)=S. The van der Waals surface area contributed by atoms with Crippen molar-refractivity contribution in [3.8, 4) is 0 Å². The maximum Gasteiger partial charge on any atom is 0.307 e. The number of fused-ring (bicyclic) bond motifs is 1. The molecule has 1 heterocycles. The van der Waals surface area contributed by atoms with Gasteiger partial charge in [-0.05, 0) is 19.1 Å². The van der Waals surface area contributed by atoms with E-state index in [4.69, 9.17) is 22.7 Å². The van der Waals surface area contributed by atoms with Gasteiger partial charge in [0.05, 0.1) is 24.1 Å². The molecule has 0 radical (unpaired) electrons. The molecule has 0 aliphatic heterocycles. The Kier molecular flexibility index (Phi) is 5.05. The summed E-state index contributed by atoms with van der Waals surface area (Å²) in [5.41, 5.74) is 7.26. The lowest BCUT2D eigenvalue weighted by Crippen LogP contribution is -2.17.